The van der Waals surface area contributed by atoms with Crippen LogP contribution in [0.3, 0.4) is 0 Å². The van der Waals surface area contributed by atoms with Crippen molar-refractivity contribution in [3.05, 3.63) is 46.2 Å². The number of ketones is 2. The number of amides is 1. The first-order valence-corrected chi connectivity index (χ1v) is 19.9. The number of sulfonamides is 1. The Bertz CT molecular complexity index is 1520. The third-order valence-electron chi connectivity index (χ3n) is 12.2. The second-order valence-electron chi connectivity index (χ2n) is 14.9. The summed E-state index contributed by atoms with van der Waals surface area (Å²) in [4.78, 5) is 42.0. The fraction of sp³-hybridized carbons (Fsp3) is 0.645. The Hall–Kier alpha value is -2.10. The van der Waals surface area contributed by atoms with Crippen LogP contribution in [0, 0.1) is 40.4 Å². The van der Waals surface area contributed by atoms with Crippen molar-refractivity contribution in [2.45, 2.75) is 77.7 Å². The summed E-state index contributed by atoms with van der Waals surface area (Å²) < 4.78 is 28.5. The van der Waals surface area contributed by atoms with Gasteiger partial charge in [-0.15, -0.1) is 0 Å². The summed E-state index contributed by atoms with van der Waals surface area (Å²) in [5, 5.41) is 12.9. The molecule has 4 fully saturated rings. The Morgan fingerprint density at radius 3 is 2.30 bits per heavy atom. The summed E-state index contributed by atoms with van der Waals surface area (Å²) in [5.41, 5.74) is 1.03. The van der Waals surface area contributed by atoms with Crippen molar-refractivity contribution in [1.82, 2.24) is 4.31 Å². The molecule has 1 N–H and O–H groups in total. The smallest absolute Gasteiger partial charge is 0.242 e. The Labute approximate surface area is 237 Å². The maximum Gasteiger partial charge on any atom is 0.242 e. The molecule has 214 valence electrons. The standard InChI is InChI=1S/C31H39NO6SSi/c1-30(2)16-10-11-31(30)15-39(37,38)32(23(31)12-16)29(36)21-13-19-24-20(14-22(40(3,4)5)25(19)28(21)35)26(33)17-8-6-7-9-18(17)27(24)34/h6-9,16,19-21,23-24,28,35H,10-15H2,1-5H3/t16?,19?,20?,21-,23?,24?,28+,31+/m0/s1. The van der Waals surface area contributed by atoms with Crippen LogP contribution in [-0.4, -0.2) is 61.3 Å². The molecule has 1 aromatic carbocycles. The molecule has 0 aromatic heterocycles. The van der Waals surface area contributed by atoms with Crippen LogP contribution in [0.1, 0.15) is 66.7 Å². The van der Waals surface area contributed by atoms with E-state index >= 15 is 0 Å². The molecule has 9 heteroatoms. The minimum absolute atomic E-state index is 0.0104. The van der Waals surface area contributed by atoms with Gasteiger partial charge in [-0.05, 0) is 54.9 Å². The van der Waals surface area contributed by atoms with Crippen LogP contribution in [-0.2, 0) is 14.8 Å². The minimum Gasteiger partial charge on any atom is -0.388 e. The van der Waals surface area contributed by atoms with Crippen LogP contribution in [0.5, 0.6) is 0 Å². The molecule has 5 aliphatic carbocycles. The molecule has 40 heavy (non-hydrogen) atoms. The van der Waals surface area contributed by atoms with E-state index in [2.05, 4.69) is 33.5 Å². The molecule has 3 saturated carbocycles. The third kappa shape index (κ3) is 3.15. The lowest BCUT2D eigenvalue weighted by atomic mass is 9.63. The SMILES string of the molecule is CC1(C)C2CC[C@]13CS(=O)(=O)N(C(=O)[C@H]1CC4C(=C([Si](C)(C)C)CC5C(=O)c6ccccc6C(=O)C54)[C@@H]1O)C3C2. The molecule has 7 nitrogen and oxygen atoms in total. The fourth-order valence-electron chi connectivity index (χ4n) is 10.1. The number of rotatable bonds is 2. The highest BCUT2D eigenvalue weighted by Gasteiger charge is 2.73. The molecule has 0 radical (unpaired) electrons. The van der Waals surface area contributed by atoms with Crippen LogP contribution >= 0.6 is 0 Å². The van der Waals surface area contributed by atoms with Gasteiger partial charge < -0.3 is 5.11 Å². The molecular weight excluding hydrogens is 542 g/mol. The van der Waals surface area contributed by atoms with Gasteiger partial charge in [-0.1, -0.05) is 63.0 Å². The molecular formula is C31H39NO6SSi. The summed E-state index contributed by atoms with van der Waals surface area (Å²) in [5.74, 6) is -2.79. The van der Waals surface area contributed by atoms with E-state index in [9.17, 15) is 27.9 Å². The second kappa shape index (κ2) is 8.04. The van der Waals surface area contributed by atoms with Crippen molar-refractivity contribution in [2.24, 2.45) is 40.4 Å². The highest BCUT2D eigenvalue weighted by Crippen LogP contribution is 2.70. The highest BCUT2D eigenvalue weighted by atomic mass is 32.2. The quantitative estimate of drug-likeness (QED) is 0.524. The van der Waals surface area contributed by atoms with E-state index in [0.717, 1.165) is 23.6 Å². The van der Waals surface area contributed by atoms with E-state index in [4.69, 9.17) is 0 Å². The molecule has 7 rings (SSSR count). The predicted molar refractivity (Wildman–Crippen MR) is 153 cm³/mol. The molecule has 1 aliphatic heterocycles. The van der Waals surface area contributed by atoms with Crippen molar-refractivity contribution < 1.29 is 27.9 Å². The van der Waals surface area contributed by atoms with Gasteiger partial charge in [0.15, 0.2) is 11.6 Å². The predicted octanol–water partition coefficient (Wildman–Crippen LogP) is 4.24. The number of hydrogen-bond donors (Lipinski definition) is 1. The molecule has 1 saturated heterocycles. The van der Waals surface area contributed by atoms with Gasteiger partial charge in [0.25, 0.3) is 0 Å². The van der Waals surface area contributed by atoms with Gasteiger partial charge in [0, 0.05) is 28.4 Å². The molecule has 1 amide bonds. The minimum atomic E-state index is -3.83. The van der Waals surface area contributed by atoms with E-state index < -0.39 is 59.2 Å². The van der Waals surface area contributed by atoms with Gasteiger partial charge in [0.05, 0.1) is 31.9 Å². The molecule has 1 spiro atoms. The summed E-state index contributed by atoms with van der Waals surface area (Å²) in [6, 6.07) is 6.60. The van der Waals surface area contributed by atoms with Gasteiger partial charge in [-0.2, -0.15) is 0 Å². The Balaban J connectivity index is 1.30. The zero-order valence-corrected chi connectivity index (χ0v) is 25.8. The van der Waals surface area contributed by atoms with Gasteiger partial charge >= 0.3 is 0 Å². The zero-order valence-electron chi connectivity index (χ0n) is 23.9. The van der Waals surface area contributed by atoms with Crippen molar-refractivity contribution >= 4 is 35.6 Å². The van der Waals surface area contributed by atoms with E-state index in [1.165, 1.54) is 4.31 Å². The summed E-state index contributed by atoms with van der Waals surface area (Å²) in [6.45, 7) is 10.8. The molecule has 6 aliphatic rings. The van der Waals surface area contributed by atoms with E-state index in [1.54, 1.807) is 24.3 Å². The maximum atomic E-state index is 14.3. The van der Waals surface area contributed by atoms with Crippen molar-refractivity contribution in [3.8, 4) is 0 Å². The second-order valence-corrected chi connectivity index (χ2v) is 21.9. The third-order valence-corrected chi connectivity index (χ3v) is 16.4. The monoisotopic (exact) mass is 581 g/mol. The molecule has 1 heterocycles. The number of hydrogen-bond acceptors (Lipinski definition) is 6. The molecule has 5 unspecified atom stereocenters. The van der Waals surface area contributed by atoms with Gasteiger partial charge in [-0.3, -0.25) is 14.4 Å². The first kappa shape index (κ1) is 26.8. The Kier molecular flexibility index (Phi) is 5.38. The van der Waals surface area contributed by atoms with Crippen molar-refractivity contribution in [3.63, 3.8) is 0 Å². The van der Waals surface area contributed by atoms with Gasteiger partial charge in [0.1, 0.15) is 0 Å². The summed E-state index contributed by atoms with van der Waals surface area (Å²) >= 11 is 0. The maximum absolute atomic E-state index is 14.3. The first-order valence-electron chi connectivity index (χ1n) is 14.8. The first-order chi connectivity index (χ1) is 18.6. The highest BCUT2D eigenvalue weighted by molar-refractivity contribution is 7.90. The summed E-state index contributed by atoms with van der Waals surface area (Å²) in [6.07, 6.45) is 1.96. The lowest BCUT2D eigenvalue weighted by Crippen LogP contribution is -2.47. The topological polar surface area (TPSA) is 109 Å². The number of nitrogens with zero attached hydrogens (tertiary/aromatic N) is 1. The summed E-state index contributed by atoms with van der Waals surface area (Å²) in [7, 11) is -5.90. The number of fused-ring (bicyclic) bond motifs is 5. The molecule has 2 bridgehead atoms. The average Bonchev–Trinajstić information content (AvgIpc) is 3.50. The number of benzene rings is 1. The molecule has 1 aromatic rings. The van der Waals surface area contributed by atoms with Crippen molar-refractivity contribution in [1.29, 1.82) is 0 Å². The Morgan fingerprint density at radius 2 is 1.68 bits per heavy atom. The largest absolute Gasteiger partial charge is 0.388 e. The average molecular weight is 582 g/mol. The molecule has 8 atom stereocenters. The van der Waals surface area contributed by atoms with Gasteiger partial charge in [0.2, 0.25) is 15.9 Å². The number of carbonyl (C=O) groups excluding carboxylic acids is 3. The van der Waals surface area contributed by atoms with Crippen LogP contribution < -0.4 is 0 Å². The van der Waals surface area contributed by atoms with E-state index in [0.29, 0.717) is 29.9 Å². The van der Waals surface area contributed by atoms with Crippen LogP contribution in [0.2, 0.25) is 19.6 Å². The Morgan fingerprint density at radius 1 is 1.02 bits per heavy atom. The number of allylic oxidation sites excluding steroid dienone is 1. The number of carbonyl (C=O) groups is 3. The lowest BCUT2D eigenvalue weighted by Gasteiger charge is -2.43. The van der Waals surface area contributed by atoms with Crippen LogP contribution in [0.4, 0.5) is 0 Å². The van der Waals surface area contributed by atoms with Crippen LogP contribution in [0.25, 0.3) is 0 Å². The number of aliphatic hydroxyl groups excluding tert-OH is 1. The normalized spacial score (nSPS) is 40.6. The van der Waals surface area contributed by atoms with Crippen LogP contribution in [0.15, 0.2) is 35.0 Å². The van der Waals surface area contributed by atoms with E-state index in [-0.39, 0.29) is 35.2 Å². The fourth-order valence-corrected chi connectivity index (χ4v) is 14.7. The lowest BCUT2D eigenvalue weighted by molar-refractivity contribution is -0.135. The zero-order chi connectivity index (χ0) is 28.7. The number of Topliss-reactive ketones (excluding diaryl/α,β-unsaturated/α-hetero) is 2. The van der Waals surface area contributed by atoms with E-state index in [1.807, 2.05) is 0 Å². The van der Waals surface area contributed by atoms with Crippen molar-refractivity contribution in [2.75, 3.05) is 5.75 Å². The number of aliphatic hydroxyl groups is 1. The van der Waals surface area contributed by atoms with Gasteiger partial charge in [-0.25, -0.2) is 12.7 Å².